The fourth-order valence-electron chi connectivity index (χ4n) is 2.73. The highest BCUT2D eigenvalue weighted by Gasteiger charge is 2.11. The molecule has 0 aliphatic heterocycles. The number of para-hydroxylation sites is 2. The van der Waals surface area contributed by atoms with Gasteiger partial charge in [0.25, 0.3) is 0 Å². The van der Waals surface area contributed by atoms with Crippen molar-refractivity contribution in [3.8, 4) is 11.4 Å². The van der Waals surface area contributed by atoms with Gasteiger partial charge in [-0.1, -0.05) is 24.3 Å². The summed E-state index contributed by atoms with van der Waals surface area (Å²) in [7, 11) is 1.63. The lowest BCUT2D eigenvalue weighted by Gasteiger charge is -2.13. The number of nitrogens with zero attached hydrogens (tertiary/aromatic N) is 2. The largest absolute Gasteiger partial charge is 0.497 e. The van der Waals surface area contributed by atoms with E-state index in [-0.39, 0.29) is 6.03 Å². The first-order chi connectivity index (χ1) is 12.6. The molecule has 0 unspecified atom stereocenters. The third-order valence-electron chi connectivity index (χ3n) is 4.00. The molecule has 3 aromatic rings. The van der Waals surface area contributed by atoms with E-state index in [4.69, 9.17) is 4.74 Å². The Labute approximate surface area is 152 Å². The number of methoxy groups -OCH3 is 1. The number of anilines is 1. The van der Waals surface area contributed by atoms with E-state index in [1.807, 2.05) is 73.1 Å². The van der Waals surface area contributed by atoms with Crippen molar-refractivity contribution >= 4 is 11.7 Å². The van der Waals surface area contributed by atoms with Gasteiger partial charge in [-0.2, -0.15) is 5.10 Å². The summed E-state index contributed by atoms with van der Waals surface area (Å²) >= 11 is 0. The first-order valence-corrected chi connectivity index (χ1v) is 8.37. The van der Waals surface area contributed by atoms with E-state index in [1.54, 1.807) is 7.11 Å². The number of hydrogen-bond acceptors (Lipinski definition) is 3. The minimum Gasteiger partial charge on any atom is -0.497 e. The van der Waals surface area contributed by atoms with Crippen molar-refractivity contribution in [2.24, 2.45) is 0 Å². The van der Waals surface area contributed by atoms with Gasteiger partial charge in [-0.05, 0) is 49.7 Å². The van der Waals surface area contributed by atoms with Gasteiger partial charge in [0, 0.05) is 12.2 Å². The zero-order valence-corrected chi connectivity index (χ0v) is 15.1. The SMILES string of the molecule is COc1ccc(CNC(=O)Nc2ccccc2-n2nc(C)cc2C)cc1. The number of carbonyl (C=O) groups excluding carboxylic acids is 1. The summed E-state index contributed by atoms with van der Waals surface area (Å²) in [6, 6.07) is 16.9. The number of nitrogens with one attached hydrogen (secondary N) is 2. The van der Waals surface area contributed by atoms with E-state index in [2.05, 4.69) is 15.7 Å². The molecule has 1 aromatic heterocycles. The van der Waals surface area contributed by atoms with Crippen LogP contribution >= 0.6 is 0 Å². The van der Waals surface area contributed by atoms with Crippen LogP contribution in [0.5, 0.6) is 5.75 Å². The molecule has 0 atom stereocenters. The van der Waals surface area contributed by atoms with Crippen LogP contribution in [0.3, 0.4) is 0 Å². The molecule has 0 fully saturated rings. The lowest BCUT2D eigenvalue weighted by Crippen LogP contribution is -2.28. The Morgan fingerprint density at radius 3 is 2.50 bits per heavy atom. The van der Waals surface area contributed by atoms with Crippen molar-refractivity contribution in [2.45, 2.75) is 20.4 Å². The average molecular weight is 350 g/mol. The fourth-order valence-corrected chi connectivity index (χ4v) is 2.73. The summed E-state index contributed by atoms with van der Waals surface area (Å²) in [6.07, 6.45) is 0. The van der Waals surface area contributed by atoms with E-state index in [1.165, 1.54) is 0 Å². The standard InChI is InChI=1S/C20H22N4O2/c1-14-12-15(2)24(23-14)19-7-5-4-6-18(19)22-20(25)21-13-16-8-10-17(26-3)11-9-16/h4-12H,13H2,1-3H3,(H2,21,22,25). The fraction of sp³-hybridized carbons (Fsp3) is 0.200. The van der Waals surface area contributed by atoms with Crippen LogP contribution < -0.4 is 15.4 Å². The first kappa shape index (κ1) is 17.5. The van der Waals surface area contributed by atoms with Crippen molar-refractivity contribution in [3.63, 3.8) is 0 Å². The molecular formula is C20H22N4O2. The van der Waals surface area contributed by atoms with Crippen LogP contribution in [-0.2, 0) is 6.54 Å². The molecule has 3 rings (SSSR count). The maximum Gasteiger partial charge on any atom is 0.319 e. The Hall–Kier alpha value is -3.28. The van der Waals surface area contributed by atoms with E-state index >= 15 is 0 Å². The molecule has 134 valence electrons. The number of hydrogen-bond donors (Lipinski definition) is 2. The summed E-state index contributed by atoms with van der Waals surface area (Å²) in [4.78, 5) is 12.3. The predicted octanol–water partition coefficient (Wildman–Crippen LogP) is 3.82. The smallest absolute Gasteiger partial charge is 0.319 e. The third kappa shape index (κ3) is 4.03. The Kier molecular flexibility index (Phi) is 5.22. The molecule has 2 amide bonds. The summed E-state index contributed by atoms with van der Waals surface area (Å²) in [5.41, 5.74) is 4.47. The molecule has 0 saturated carbocycles. The van der Waals surface area contributed by atoms with Gasteiger partial charge in [0.15, 0.2) is 0 Å². The van der Waals surface area contributed by atoms with Gasteiger partial charge < -0.3 is 15.4 Å². The van der Waals surface area contributed by atoms with Gasteiger partial charge in [0.2, 0.25) is 0 Å². The molecule has 6 heteroatoms. The Morgan fingerprint density at radius 2 is 1.85 bits per heavy atom. The number of aryl methyl sites for hydroxylation is 2. The van der Waals surface area contributed by atoms with Gasteiger partial charge >= 0.3 is 6.03 Å². The van der Waals surface area contributed by atoms with Gasteiger partial charge in [0.1, 0.15) is 5.75 Å². The summed E-state index contributed by atoms with van der Waals surface area (Å²) in [5.74, 6) is 0.789. The van der Waals surface area contributed by atoms with Gasteiger partial charge in [-0.25, -0.2) is 9.48 Å². The van der Waals surface area contributed by atoms with E-state index in [0.717, 1.165) is 28.4 Å². The second-order valence-corrected chi connectivity index (χ2v) is 6.01. The zero-order valence-electron chi connectivity index (χ0n) is 15.1. The molecule has 0 aliphatic carbocycles. The van der Waals surface area contributed by atoms with Gasteiger partial charge in [-0.15, -0.1) is 0 Å². The maximum absolute atomic E-state index is 12.3. The van der Waals surface area contributed by atoms with E-state index in [0.29, 0.717) is 12.2 Å². The number of rotatable bonds is 5. The van der Waals surface area contributed by atoms with Crippen molar-refractivity contribution in [1.29, 1.82) is 0 Å². The molecule has 2 N–H and O–H groups in total. The topological polar surface area (TPSA) is 68.2 Å². The first-order valence-electron chi connectivity index (χ1n) is 8.37. The molecule has 26 heavy (non-hydrogen) atoms. The molecule has 0 saturated heterocycles. The molecular weight excluding hydrogens is 328 g/mol. The number of amides is 2. The highest BCUT2D eigenvalue weighted by atomic mass is 16.5. The summed E-state index contributed by atoms with van der Waals surface area (Å²) in [6.45, 7) is 4.36. The van der Waals surface area contributed by atoms with Crippen LogP contribution in [0.1, 0.15) is 17.0 Å². The molecule has 0 spiro atoms. The third-order valence-corrected chi connectivity index (χ3v) is 4.00. The van der Waals surface area contributed by atoms with Crippen LogP contribution in [0.4, 0.5) is 10.5 Å². The number of urea groups is 1. The van der Waals surface area contributed by atoms with Crippen molar-refractivity contribution in [3.05, 3.63) is 71.5 Å². The highest BCUT2D eigenvalue weighted by molar-refractivity contribution is 5.91. The van der Waals surface area contributed by atoms with Crippen LogP contribution in [-0.4, -0.2) is 22.9 Å². The molecule has 0 bridgehead atoms. The number of carbonyl (C=O) groups is 1. The van der Waals surface area contributed by atoms with E-state index in [9.17, 15) is 4.79 Å². The normalized spacial score (nSPS) is 10.4. The predicted molar refractivity (Wildman–Crippen MR) is 102 cm³/mol. The van der Waals surface area contributed by atoms with Crippen LogP contribution in [0.2, 0.25) is 0 Å². The quantitative estimate of drug-likeness (QED) is 0.735. The number of ether oxygens (including phenoxy) is 1. The summed E-state index contributed by atoms with van der Waals surface area (Å²) in [5, 5.41) is 10.3. The Morgan fingerprint density at radius 1 is 1.12 bits per heavy atom. The monoisotopic (exact) mass is 350 g/mol. The molecule has 1 heterocycles. The molecule has 2 aromatic carbocycles. The highest BCUT2D eigenvalue weighted by Crippen LogP contribution is 2.21. The molecule has 6 nitrogen and oxygen atoms in total. The Bertz CT molecular complexity index is 900. The van der Waals surface area contributed by atoms with Gasteiger partial charge in [-0.3, -0.25) is 0 Å². The second-order valence-electron chi connectivity index (χ2n) is 6.01. The van der Waals surface area contributed by atoms with Crippen molar-refractivity contribution < 1.29 is 9.53 Å². The number of benzene rings is 2. The minimum atomic E-state index is -0.269. The van der Waals surface area contributed by atoms with E-state index < -0.39 is 0 Å². The van der Waals surface area contributed by atoms with Crippen LogP contribution in [0, 0.1) is 13.8 Å². The minimum absolute atomic E-state index is 0.269. The van der Waals surface area contributed by atoms with Gasteiger partial charge in [0.05, 0.1) is 24.2 Å². The zero-order chi connectivity index (χ0) is 18.5. The van der Waals surface area contributed by atoms with Crippen molar-refractivity contribution in [1.82, 2.24) is 15.1 Å². The van der Waals surface area contributed by atoms with Crippen LogP contribution in [0.15, 0.2) is 54.6 Å². The maximum atomic E-state index is 12.3. The summed E-state index contributed by atoms with van der Waals surface area (Å²) < 4.78 is 6.96. The van der Waals surface area contributed by atoms with Crippen molar-refractivity contribution in [2.75, 3.05) is 12.4 Å². The molecule has 0 aliphatic rings. The number of aromatic nitrogens is 2. The van der Waals surface area contributed by atoms with Crippen LogP contribution in [0.25, 0.3) is 5.69 Å². The molecule has 0 radical (unpaired) electrons. The lowest BCUT2D eigenvalue weighted by atomic mass is 10.2. The Balaban J connectivity index is 1.68. The lowest BCUT2D eigenvalue weighted by molar-refractivity contribution is 0.251. The second kappa shape index (κ2) is 7.74. The average Bonchev–Trinajstić information content (AvgIpc) is 2.99.